The molecule has 3 heteroatoms. The fraction of sp³-hybridized carbons (Fsp3) is 0.222. The van der Waals surface area contributed by atoms with Crippen molar-refractivity contribution in [3.05, 3.63) is 68.7 Å². The first kappa shape index (κ1) is 14.0. The largest absolute Gasteiger partial charge is 0.293 e. The molecule has 0 fully saturated rings. The van der Waals surface area contributed by atoms with Crippen molar-refractivity contribution in [2.24, 2.45) is 0 Å². The lowest BCUT2D eigenvalue weighted by molar-refractivity contribution is 0.0889. The summed E-state index contributed by atoms with van der Waals surface area (Å²) < 4.78 is 0. The van der Waals surface area contributed by atoms with Crippen LogP contribution in [0.15, 0.2) is 30.3 Å². The first-order chi connectivity index (χ1) is 9.90. The van der Waals surface area contributed by atoms with Gasteiger partial charge in [0.2, 0.25) is 0 Å². The van der Waals surface area contributed by atoms with Gasteiger partial charge in [-0.15, -0.1) is 0 Å². The van der Waals surface area contributed by atoms with Gasteiger partial charge in [-0.05, 0) is 55.7 Å². The number of carbonyl (C=O) groups is 2. The predicted octanol–water partition coefficient (Wildman–Crippen LogP) is 4.43. The minimum Gasteiger partial charge on any atom is -0.293 e. The van der Waals surface area contributed by atoms with Gasteiger partial charge < -0.3 is 0 Å². The van der Waals surface area contributed by atoms with E-state index in [1.54, 1.807) is 18.2 Å². The Labute approximate surface area is 128 Å². The summed E-state index contributed by atoms with van der Waals surface area (Å²) in [4.78, 5) is 25.3. The molecule has 0 saturated carbocycles. The monoisotopic (exact) mass is 298 g/mol. The van der Waals surface area contributed by atoms with Crippen LogP contribution in [0, 0.1) is 20.8 Å². The fourth-order valence-electron chi connectivity index (χ4n) is 3.27. The van der Waals surface area contributed by atoms with Gasteiger partial charge in [-0.2, -0.15) is 0 Å². The molecule has 1 aliphatic carbocycles. The average molecular weight is 299 g/mol. The van der Waals surface area contributed by atoms with Crippen molar-refractivity contribution < 1.29 is 9.59 Å². The molecule has 0 bridgehead atoms. The maximum Gasteiger partial charge on any atom is 0.178 e. The molecule has 106 valence electrons. The molecule has 1 atom stereocenters. The molecule has 0 aromatic heterocycles. The number of ketones is 2. The summed E-state index contributed by atoms with van der Waals surface area (Å²) in [5.74, 6) is -0.992. The van der Waals surface area contributed by atoms with E-state index in [0.29, 0.717) is 16.1 Å². The minimum atomic E-state index is -0.723. The highest BCUT2D eigenvalue weighted by Crippen LogP contribution is 2.38. The third kappa shape index (κ3) is 2.11. The molecule has 21 heavy (non-hydrogen) atoms. The molecule has 0 aliphatic heterocycles. The van der Waals surface area contributed by atoms with Crippen LogP contribution in [0.2, 0.25) is 5.02 Å². The molecule has 1 aliphatic rings. The molecule has 0 heterocycles. The Balaban J connectivity index is 2.19. The molecule has 0 N–H and O–H groups in total. The summed E-state index contributed by atoms with van der Waals surface area (Å²) >= 11 is 5.95. The van der Waals surface area contributed by atoms with Crippen LogP contribution in [0.5, 0.6) is 0 Å². The van der Waals surface area contributed by atoms with Crippen molar-refractivity contribution in [2.75, 3.05) is 0 Å². The van der Waals surface area contributed by atoms with Gasteiger partial charge in [0.05, 0.1) is 0 Å². The lowest BCUT2D eigenvalue weighted by Gasteiger charge is -2.15. The molecule has 0 saturated heterocycles. The highest BCUT2D eigenvalue weighted by atomic mass is 35.5. The van der Waals surface area contributed by atoms with Crippen LogP contribution in [-0.4, -0.2) is 11.6 Å². The Kier molecular flexibility index (Phi) is 3.22. The molecule has 0 amide bonds. The van der Waals surface area contributed by atoms with Gasteiger partial charge in [0.15, 0.2) is 11.6 Å². The Morgan fingerprint density at radius 2 is 1.43 bits per heavy atom. The second kappa shape index (κ2) is 4.81. The topological polar surface area (TPSA) is 34.1 Å². The van der Waals surface area contributed by atoms with E-state index in [-0.39, 0.29) is 11.6 Å². The summed E-state index contributed by atoms with van der Waals surface area (Å²) in [7, 11) is 0. The van der Waals surface area contributed by atoms with Crippen molar-refractivity contribution in [3.8, 4) is 0 Å². The second-order valence-electron chi connectivity index (χ2n) is 5.66. The summed E-state index contributed by atoms with van der Waals surface area (Å²) in [6, 6.07) is 8.92. The molecular weight excluding hydrogens is 284 g/mol. The van der Waals surface area contributed by atoms with Crippen LogP contribution >= 0.6 is 11.6 Å². The van der Waals surface area contributed by atoms with Crippen LogP contribution in [0.3, 0.4) is 0 Å². The van der Waals surface area contributed by atoms with E-state index in [9.17, 15) is 9.59 Å². The molecular formula is C18H15ClO2. The third-order valence-corrected chi connectivity index (χ3v) is 4.30. The number of benzene rings is 2. The van der Waals surface area contributed by atoms with Gasteiger partial charge in [-0.3, -0.25) is 9.59 Å². The van der Waals surface area contributed by atoms with Gasteiger partial charge in [0, 0.05) is 16.1 Å². The number of halogens is 1. The van der Waals surface area contributed by atoms with E-state index in [1.165, 1.54) is 0 Å². The molecule has 2 aromatic rings. The first-order valence-electron chi connectivity index (χ1n) is 6.86. The van der Waals surface area contributed by atoms with E-state index >= 15 is 0 Å². The highest BCUT2D eigenvalue weighted by molar-refractivity contribution is 6.34. The van der Waals surface area contributed by atoms with E-state index in [0.717, 1.165) is 22.3 Å². The zero-order valence-corrected chi connectivity index (χ0v) is 12.9. The molecule has 2 aromatic carbocycles. The molecule has 0 spiro atoms. The van der Waals surface area contributed by atoms with E-state index in [1.807, 2.05) is 32.9 Å². The summed E-state index contributed by atoms with van der Waals surface area (Å²) in [5.41, 5.74) is 4.86. The van der Waals surface area contributed by atoms with E-state index in [2.05, 4.69) is 0 Å². The maximum atomic E-state index is 12.7. The molecule has 1 unspecified atom stereocenters. The van der Waals surface area contributed by atoms with Crippen molar-refractivity contribution in [3.63, 3.8) is 0 Å². The van der Waals surface area contributed by atoms with Gasteiger partial charge >= 0.3 is 0 Å². The lowest BCUT2D eigenvalue weighted by Crippen LogP contribution is -2.16. The number of hydrogen-bond donors (Lipinski definition) is 0. The van der Waals surface area contributed by atoms with Crippen LogP contribution in [-0.2, 0) is 0 Å². The standard InChI is InChI=1S/C18H15ClO2/c1-9-6-10(2)15(11(3)7-9)16-17(20)13-5-4-12(19)8-14(13)18(16)21/h4-8,16H,1-3H3. The van der Waals surface area contributed by atoms with Crippen molar-refractivity contribution in [2.45, 2.75) is 26.7 Å². The smallest absolute Gasteiger partial charge is 0.178 e. The zero-order valence-electron chi connectivity index (χ0n) is 12.2. The summed E-state index contributed by atoms with van der Waals surface area (Å²) in [6.07, 6.45) is 0. The molecule has 0 radical (unpaired) electrons. The van der Waals surface area contributed by atoms with Gasteiger partial charge in [-0.25, -0.2) is 0 Å². The van der Waals surface area contributed by atoms with Crippen LogP contribution < -0.4 is 0 Å². The highest BCUT2D eigenvalue weighted by Gasteiger charge is 2.40. The van der Waals surface area contributed by atoms with Crippen molar-refractivity contribution in [1.82, 2.24) is 0 Å². The van der Waals surface area contributed by atoms with Gasteiger partial charge in [0.25, 0.3) is 0 Å². The van der Waals surface area contributed by atoms with Gasteiger partial charge in [-0.1, -0.05) is 29.3 Å². The first-order valence-corrected chi connectivity index (χ1v) is 7.23. The molecule has 3 rings (SSSR count). The Hall–Kier alpha value is -1.93. The number of Topliss-reactive ketones (excluding diaryl/α,β-unsaturated/α-hetero) is 2. The maximum absolute atomic E-state index is 12.7. The summed E-state index contributed by atoms with van der Waals surface area (Å²) in [6.45, 7) is 5.91. The predicted molar refractivity (Wildman–Crippen MR) is 83.5 cm³/mol. The number of aryl methyl sites for hydroxylation is 3. The Morgan fingerprint density at radius 1 is 0.857 bits per heavy atom. The normalized spacial score (nSPS) is 17.2. The number of hydrogen-bond acceptors (Lipinski definition) is 2. The van der Waals surface area contributed by atoms with Crippen molar-refractivity contribution in [1.29, 1.82) is 0 Å². The quantitative estimate of drug-likeness (QED) is 0.730. The Morgan fingerprint density at radius 3 is 2.05 bits per heavy atom. The second-order valence-corrected chi connectivity index (χ2v) is 6.10. The van der Waals surface area contributed by atoms with Crippen LogP contribution in [0.4, 0.5) is 0 Å². The summed E-state index contributed by atoms with van der Waals surface area (Å²) in [5, 5.41) is 0.480. The zero-order chi connectivity index (χ0) is 15.3. The fourth-order valence-corrected chi connectivity index (χ4v) is 3.45. The Bertz CT molecular complexity index is 767. The SMILES string of the molecule is Cc1cc(C)c(C2C(=O)c3ccc(Cl)cc3C2=O)c(C)c1. The third-order valence-electron chi connectivity index (χ3n) is 4.06. The molecule has 2 nitrogen and oxygen atoms in total. The van der Waals surface area contributed by atoms with Crippen molar-refractivity contribution >= 4 is 23.2 Å². The number of rotatable bonds is 1. The van der Waals surface area contributed by atoms with Gasteiger partial charge in [0.1, 0.15) is 5.92 Å². The van der Waals surface area contributed by atoms with E-state index < -0.39 is 5.92 Å². The number of fused-ring (bicyclic) bond motifs is 1. The minimum absolute atomic E-state index is 0.123. The van der Waals surface area contributed by atoms with E-state index in [4.69, 9.17) is 11.6 Å². The lowest BCUT2D eigenvalue weighted by atomic mass is 9.86. The van der Waals surface area contributed by atoms with Crippen LogP contribution in [0.25, 0.3) is 0 Å². The number of carbonyl (C=O) groups excluding carboxylic acids is 2. The van der Waals surface area contributed by atoms with Crippen LogP contribution in [0.1, 0.15) is 48.9 Å². The average Bonchev–Trinajstić information content (AvgIpc) is 2.62.